The second-order valence-corrected chi connectivity index (χ2v) is 5.24. The van der Waals surface area contributed by atoms with Crippen LogP contribution in [0.3, 0.4) is 0 Å². The summed E-state index contributed by atoms with van der Waals surface area (Å²) in [5, 5.41) is 9.04. The van der Waals surface area contributed by atoms with E-state index in [1.807, 2.05) is 0 Å². The molecule has 0 amide bonds. The molecule has 0 heterocycles. The van der Waals surface area contributed by atoms with E-state index < -0.39 is 0 Å². The van der Waals surface area contributed by atoms with Gasteiger partial charge in [-0.25, -0.2) is 0 Å². The van der Waals surface area contributed by atoms with Gasteiger partial charge in [-0.2, -0.15) is 0 Å². The molecule has 1 fully saturated rings. The van der Waals surface area contributed by atoms with E-state index in [9.17, 15) is 0 Å². The van der Waals surface area contributed by atoms with Crippen LogP contribution in [0.4, 0.5) is 0 Å². The van der Waals surface area contributed by atoms with Gasteiger partial charge < -0.3 is 5.11 Å². The van der Waals surface area contributed by atoms with Crippen LogP contribution in [-0.2, 0) is 0 Å². The molecule has 0 spiro atoms. The fraction of sp³-hybridized carbons (Fsp3) is 1.00. The Hall–Kier alpha value is -0.0400. The maximum Gasteiger partial charge on any atom is 0.0459 e. The van der Waals surface area contributed by atoms with E-state index in [0.717, 1.165) is 5.92 Å². The predicted octanol–water partition coefficient (Wildman–Crippen LogP) is 3.22. The SMILES string of the molecule is CCC(C)(C)C1CCC(CO)CC1. The average Bonchev–Trinajstić information content (AvgIpc) is 2.18. The lowest BCUT2D eigenvalue weighted by molar-refractivity contribution is 0.101. The van der Waals surface area contributed by atoms with Crippen molar-refractivity contribution in [2.24, 2.45) is 17.3 Å². The second kappa shape index (κ2) is 4.45. The Morgan fingerprint density at radius 1 is 1.15 bits per heavy atom. The van der Waals surface area contributed by atoms with Gasteiger partial charge >= 0.3 is 0 Å². The van der Waals surface area contributed by atoms with E-state index in [1.54, 1.807) is 0 Å². The number of hydrogen-bond acceptors (Lipinski definition) is 1. The lowest BCUT2D eigenvalue weighted by Gasteiger charge is -2.38. The van der Waals surface area contributed by atoms with Crippen LogP contribution in [0.25, 0.3) is 0 Å². The maximum atomic E-state index is 9.04. The molecule has 13 heavy (non-hydrogen) atoms. The Morgan fingerprint density at radius 3 is 2.08 bits per heavy atom. The molecule has 0 aromatic rings. The Labute approximate surface area is 82.5 Å². The van der Waals surface area contributed by atoms with Crippen molar-refractivity contribution in [1.29, 1.82) is 0 Å². The van der Waals surface area contributed by atoms with Gasteiger partial charge in [0.15, 0.2) is 0 Å². The van der Waals surface area contributed by atoms with Crippen molar-refractivity contribution in [3.8, 4) is 0 Å². The van der Waals surface area contributed by atoms with Crippen LogP contribution in [0.2, 0.25) is 0 Å². The summed E-state index contributed by atoms with van der Waals surface area (Å²) in [7, 11) is 0. The Kier molecular flexibility index (Phi) is 3.78. The molecular weight excluding hydrogens is 160 g/mol. The zero-order valence-electron chi connectivity index (χ0n) is 9.34. The molecule has 0 aromatic heterocycles. The Balaban J connectivity index is 2.40. The zero-order valence-corrected chi connectivity index (χ0v) is 9.34. The van der Waals surface area contributed by atoms with E-state index in [1.165, 1.54) is 32.1 Å². The minimum atomic E-state index is 0.402. The summed E-state index contributed by atoms with van der Waals surface area (Å²) in [6.07, 6.45) is 6.41. The highest BCUT2D eigenvalue weighted by Gasteiger charge is 2.31. The third kappa shape index (κ3) is 2.70. The van der Waals surface area contributed by atoms with Crippen LogP contribution >= 0.6 is 0 Å². The van der Waals surface area contributed by atoms with Crippen molar-refractivity contribution in [3.05, 3.63) is 0 Å². The lowest BCUT2D eigenvalue weighted by atomic mass is 9.68. The van der Waals surface area contributed by atoms with Crippen molar-refractivity contribution in [2.75, 3.05) is 6.61 Å². The standard InChI is InChI=1S/C12H24O/c1-4-12(2,3)11-7-5-10(9-13)6-8-11/h10-11,13H,4-9H2,1-3H3. The first-order valence-corrected chi connectivity index (χ1v) is 5.71. The largest absolute Gasteiger partial charge is 0.396 e. The molecule has 0 aromatic carbocycles. The van der Waals surface area contributed by atoms with Crippen molar-refractivity contribution >= 4 is 0 Å². The van der Waals surface area contributed by atoms with Gasteiger partial charge in [0.25, 0.3) is 0 Å². The third-order valence-corrected chi connectivity index (χ3v) is 4.12. The number of hydrogen-bond donors (Lipinski definition) is 1. The topological polar surface area (TPSA) is 20.2 Å². The number of rotatable bonds is 3. The highest BCUT2D eigenvalue weighted by atomic mass is 16.3. The first-order valence-electron chi connectivity index (χ1n) is 5.71. The van der Waals surface area contributed by atoms with Crippen molar-refractivity contribution < 1.29 is 5.11 Å². The van der Waals surface area contributed by atoms with Crippen LogP contribution < -0.4 is 0 Å². The number of aliphatic hydroxyl groups excluding tert-OH is 1. The molecule has 1 aliphatic rings. The molecule has 0 unspecified atom stereocenters. The molecule has 0 atom stereocenters. The molecule has 78 valence electrons. The van der Waals surface area contributed by atoms with Gasteiger partial charge in [-0.05, 0) is 42.9 Å². The molecule has 0 saturated heterocycles. The van der Waals surface area contributed by atoms with E-state index in [4.69, 9.17) is 5.11 Å². The molecule has 1 nitrogen and oxygen atoms in total. The lowest BCUT2D eigenvalue weighted by Crippen LogP contribution is -2.28. The smallest absolute Gasteiger partial charge is 0.0459 e. The quantitative estimate of drug-likeness (QED) is 0.714. The summed E-state index contributed by atoms with van der Waals surface area (Å²) in [5.41, 5.74) is 0.514. The van der Waals surface area contributed by atoms with Crippen molar-refractivity contribution in [3.63, 3.8) is 0 Å². The van der Waals surface area contributed by atoms with Gasteiger partial charge in [-0.15, -0.1) is 0 Å². The van der Waals surface area contributed by atoms with Crippen LogP contribution in [0, 0.1) is 17.3 Å². The van der Waals surface area contributed by atoms with Crippen LogP contribution in [0.5, 0.6) is 0 Å². The van der Waals surface area contributed by atoms with Gasteiger partial charge in [-0.3, -0.25) is 0 Å². The molecule has 1 heteroatoms. The molecule has 0 aliphatic heterocycles. The normalized spacial score (nSPS) is 30.5. The summed E-state index contributed by atoms with van der Waals surface area (Å²) < 4.78 is 0. The van der Waals surface area contributed by atoms with Gasteiger partial charge in [0.2, 0.25) is 0 Å². The Bertz CT molecular complexity index is 143. The van der Waals surface area contributed by atoms with Gasteiger partial charge in [0.05, 0.1) is 0 Å². The summed E-state index contributed by atoms with van der Waals surface area (Å²) >= 11 is 0. The third-order valence-electron chi connectivity index (χ3n) is 4.12. The molecule has 1 aliphatic carbocycles. The first kappa shape index (κ1) is 11.0. The van der Waals surface area contributed by atoms with Crippen molar-refractivity contribution in [1.82, 2.24) is 0 Å². The van der Waals surface area contributed by atoms with Crippen LogP contribution in [-0.4, -0.2) is 11.7 Å². The average molecular weight is 184 g/mol. The summed E-state index contributed by atoms with van der Waals surface area (Å²) in [5.74, 6) is 1.49. The fourth-order valence-electron chi connectivity index (χ4n) is 2.42. The highest BCUT2D eigenvalue weighted by Crippen LogP contribution is 2.41. The summed E-state index contributed by atoms with van der Waals surface area (Å²) in [6.45, 7) is 7.46. The van der Waals surface area contributed by atoms with Gasteiger partial charge in [-0.1, -0.05) is 27.2 Å². The molecule has 1 rings (SSSR count). The predicted molar refractivity (Wildman–Crippen MR) is 56.6 cm³/mol. The zero-order chi connectivity index (χ0) is 9.90. The monoisotopic (exact) mass is 184 g/mol. The van der Waals surface area contributed by atoms with E-state index in [0.29, 0.717) is 17.9 Å². The Morgan fingerprint density at radius 2 is 1.69 bits per heavy atom. The van der Waals surface area contributed by atoms with E-state index in [2.05, 4.69) is 20.8 Å². The van der Waals surface area contributed by atoms with Crippen molar-refractivity contribution in [2.45, 2.75) is 52.9 Å². The van der Waals surface area contributed by atoms with E-state index >= 15 is 0 Å². The minimum absolute atomic E-state index is 0.402. The van der Waals surface area contributed by atoms with E-state index in [-0.39, 0.29) is 0 Å². The molecule has 1 N–H and O–H groups in total. The molecule has 0 radical (unpaired) electrons. The fourth-order valence-corrected chi connectivity index (χ4v) is 2.42. The van der Waals surface area contributed by atoms with Gasteiger partial charge in [0, 0.05) is 6.61 Å². The summed E-state index contributed by atoms with van der Waals surface area (Å²) in [6, 6.07) is 0. The molecular formula is C12H24O. The summed E-state index contributed by atoms with van der Waals surface area (Å²) in [4.78, 5) is 0. The molecule has 1 saturated carbocycles. The maximum absolute atomic E-state index is 9.04. The number of aliphatic hydroxyl groups is 1. The molecule has 0 bridgehead atoms. The second-order valence-electron chi connectivity index (χ2n) is 5.24. The first-order chi connectivity index (χ1) is 6.10. The van der Waals surface area contributed by atoms with Gasteiger partial charge in [0.1, 0.15) is 0 Å². The van der Waals surface area contributed by atoms with Crippen LogP contribution in [0.15, 0.2) is 0 Å². The van der Waals surface area contributed by atoms with Crippen LogP contribution in [0.1, 0.15) is 52.9 Å². The minimum Gasteiger partial charge on any atom is -0.396 e. The highest BCUT2D eigenvalue weighted by molar-refractivity contribution is 4.82.